The van der Waals surface area contributed by atoms with Crippen LogP contribution in [0.3, 0.4) is 0 Å². The molecule has 0 spiro atoms. The number of nitrogens with zero attached hydrogens (tertiary/aromatic N) is 2. The summed E-state index contributed by atoms with van der Waals surface area (Å²) in [7, 11) is -3.16. The van der Waals surface area contributed by atoms with Gasteiger partial charge < -0.3 is 4.90 Å². The van der Waals surface area contributed by atoms with Crippen molar-refractivity contribution in [2.75, 3.05) is 19.3 Å². The monoisotopic (exact) mass is 364 g/mol. The molecule has 0 bridgehead atoms. The number of carbonyl (C=O) groups is 1. The maximum atomic E-state index is 13.3. The molecule has 0 radical (unpaired) electrons. The van der Waals surface area contributed by atoms with Gasteiger partial charge in [0.05, 0.1) is 12.3 Å². The molecule has 2 saturated heterocycles. The molecule has 2 heterocycles. The molecule has 2 fully saturated rings. The van der Waals surface area contributed by atoms with Crippen molar-refractivity contribution >= 4 is 15.9 Å². The smallest absolute Gasteiger partial charge is 0.226 e. The first kappa shape index (κ1) is 18.4. The topological polar surface area (TPSA) is 57.7 Å². The number of piperidine rings is 2. The second-order valence-corrected chi connectivity index (χ2v) is 9.37. The third kappa shape index (κ3) is 4.06. The van der Waals surface area contributed by atoms with Crippen LogP contribution in [0.5, 0.6) is 0 Å². The number of rotatable bonds is 3. The molecule has 0 aromatic heterocycles. The van der Waals surface area contributed by atoms with Gasteiger partial charge in [-0.3, -0.25) is 4.79 Å². The van der Waals surface area contributed by atoms with E-state index < -0.39 is 10.0 Å². The molecule has 138 valence electrons. The van der Waals surface area contributed by atoms with Gasteiger partial charge in [-0.15, -0.1) is 0 Å². The minimum Gasteiger partial charge on any atom is -0.333 e. The van der Waals surface area contributed by atoms with Crippen LogP contribution in [0.15, 0.2) is 30.3 Å². The number of carbonyl (C=O) groups excluding carboxylic acids is 1. The highest BCUT2D eigenvalue weighted by molar-refractivity contribution is 7.88. The van der Waals surface area contributed by atoms with Crippen LogP contribution in [-0.2, 0) is 14.8 Å². The van der Waals surface area contributed by atoms with Crippen LogP contribution in [0.2, 0.25) is 0 Å². The molecule has 1 aromatic carbocycles. The fraction of sp³-hybridized carbons (Fsp3) is 0.632. The summed E-state index contributed by atoms with van der Waals surface area (Å²) in [4.78, 5) is 15.3. The largest absolute Gasteiger partial charge is 0.333 e. The lowest BCUT2D eigenvalue weighted by atomic mass is 9.88. The van der Waals surface area contributed by atoms with E-state index in [0.717, 1.165) is 19.3 Å². The van der Waals surface area contributed by atoms with Crippen molar-refractivity contribution in [3.8, 4) is 0 Å². The van der Waals surface area contributed by atoms with Crippen molar-refractivity contribution in [2.24, 2.45) is 5.92 Å². The van der Waals surface area contributed by atoms with E-state index in [1.165, 1.54) is 16.1 Å². The zero-order valence-corrected chi connectivity index (χ0v) is 15.9. The average molecular weight is 365 g/mol. The summed E-state index contributed by atoms with van der Waals surface area (Å²) in [6.45, 7) is 3.04. The first-order valence-electron chi connectivity index (χ1n) is 9.20. The highest BCUT2D eigenvalue weighted by atomic mass is 32.2. The van der Waals surface area contributed by atoms with Crippen LogP contribution >= 0.6 is 0 Å². The minimum atomic E-state index is -3.16. The second kappa shape index (κ2) is 7.46. The van der Waals surface area contributed by atoms with Crippen LogP contribution in [0.4, 0.5) is 0 Å². The number of hydrogen-bond donors (Lipinski definition) is 0. The molecule has 6 heteroatoms. The Bertz CT molecular complexity index is 697. The van der Waals surface area contributed by atoms with E-state index in [9.17, 15) is 13.2 Å². The third-order valence-corrected chi connectivity index (χ3v) is 6.92. The predicted molar refractivity (Wildman–Crippen MR) is 98.5 cm³/mol. The van der Waals surface area contributed by atoms with Gasteiger partial charge in [-0.2, -0.15) is 0 Å². The Labute approximate surface area is 151 Å². The maximum Gasteiger partial charge on any atom is 0.226 e. The zero-order valence-electron chi connectivity index (χ0n) is 15.1. The Balaban J connectivity index is 1.75. The van der Waals surface area contributed by atoms with E-state index in [4.69, 9.17) is 0 Å². The van der Waals surface area contributed by atoms with E-state index in [0.29, 0.717) is 25.9 Å². The number of amides is 1. The van der Waals surface area contributed by atoms with E-state index in [2.05, 4.69) is 24.0 Å². The second-order valence-electron chi connectivity index (χ2n) is 7.39. The normalized spacial score (nSPS) is 26.6. The van der Waals surface area contributed by atoms with Gasteiger partial charge in [-0.05, 0) is 44.6 Å². The molecular formula is C19H28N2O3S. The van der Waals surface area contributed by atoms with Crippen molar-refractivity contribution in [3.05, 3.63) is 35.9 Å². The van der Waals surface area contributed by atoms with Crippen LogP contribution in [0.1, 0.15) is 50.6 Å². The molecule has 0 saturated carbocycles. The number of sulfonamides is 1. The molecule has 2 aliphatic heterocycles. The maximum absolute atomic E-state index is 13.3. The molecule has 0 N–H and O–H groups in total. The Morgan fingerprint density at radius 2 is 1.68 bits per heavy atom. The summed E-state index contributed by atoms with van der Waals surface area (Å²) in [5.74, 6) is 0.138. The molecule has 5 nitrogen and oxygen atoms in total. The first-order valence-corrected chi connectivity index (χ1v) is 11.0. The van der Waals surface area contributed by atoms with Crippen LogP contribution in [0.25, 0.3) is 0 Å². The molecule has 1 amide bonds. The SMILES string of the molecule is C[C@H]1CCC[C@@H](c2ccccc2)N1C(=O)C1CCN(S(C)(=O)=O)CC1. The van der Waals surface area contributed by atoms with Gasteiger partial charge in [0.25, 0.3) is 0 Å². The number of hydrogen-bond acceptors (Lipinski definition) is 3. The van der Waals surface area contributed by atoms with E-state index in [-0.39, 0.29) is 23.9 Å². The summed E-state index contributed by atoms with van der Waals surface area (Å²) in [6.07, 6.45) is 5.66. The Morgan fingerprint density at radius 3 is 2.28 bits per heavy atom. The molecule has 0 aliphatic carbocycles. The van der Waals surface area contributed by atoms with Crippen molar-refractivity contribution in [1.82, 2.24) is 9.21 Å². The van der Waals surface area contributed by atoms with Crippen LogP contribution in [-0.4, -0.2) is 48.9 Å². The fourth-order valence-corrected chi connectivity index (χ4v) is 5.08. The van der Waals surface area contributed by atoms with Crippen molar-refractivity contribution in [3.63, 3.8) is 0 Å². The zero-order chi connectivity index (χ0) is 18.0. The number of likely N-dealkylation sites (tertiary alicyclic amines) is 1. The lowest BCUT2D eigenvalue weighted by Crippen LogP contribution is -2.49. The summed E-state index contributed by atoms with van der Waals surface area (Å²) in [5.41, 5.74) is 1.20. The minimum absolute atomic E-state index is 0.0650. The van der Waals surface area contributed by atoms with E-state index in [1.807, 2.05) is 18.2 Å². The summed E-state index contributed by atoms with van der Waals surface area (Å²) >= 11 is 0. The van der Waals surface area contributed by atoms with Crippen molar-refractivity contribution in [1.29, 1.82) is 0 Å². The standard InChI is InChI=1S/C19H28N2O3S/c1-15-7-6-10-18(16-8-4-3-5-9-16)21(15)19(22)17-11-13-20(14-12-17)25(2,23)24/h3-5,8-9,15,17-18H,6-7,10-14H2,1-2H3/t15-,18-/m0/s1. The molecule has 2 aliphatic rings. The molecule has 3 rings (SSSR count). The van der Waals surface area contributed by atoms with Gasteiger partial charge in [0.2, 0.25) is 15.9 Å². The average Bonchev–Trinajstić information content (AvgIpc) is 2.61. The predicted octanol–water partition coefficient (Wildman–Crippen LogP) is 2.80. The molecular weight excluding hydrogens is 336 g/mol. The number of benzene rings is 1. The lowest BCUT2D eigenvalue weighted by molar-refractivity contribution is -0.143. The summed E-state index contributed by atoms with van der Waals surface area (Å²) in [6, 6.07) is 10.7. The molecule has 0 unspecified atom stereocenters. The molecule has 2 atom stereocenters. The van der Waals surface area contributed by atoms with E-state index in [1.54, 1.807) is 0 Å². The van der Waals surface area contributed by atoms with Crippen molar-refractivity contribution < 1.29 is 13.2 Å². The Kier molecular flexibility index (Phi) is 5.49. The van der Waals surface area contributed by atoms with E-state index >= 15 is 0 Å². The first-order chi connectivity index (χ1) is 11.9. The molecule has 1 aromatic rings. The van der Waals surface area contributed by atoms with Crippen LogP contribution in [0, 0.1) is 5.92 Å². The van der Waals surface area contributed by atoms with Gasteiger partial charge >= 0.3 is 0 Å². The Hall–Kier alpha value is -1.40. The van der Waals surface area contributed by atoms with Gasteiger partial charge in [0.15, 0.2) is 0 Å². The van der Waals surface area contributed by atoms with Crippen LogP contribution < -0.4 is 0 Å². The molecule has 25 heavy (non-hydrogen) atoms. The highest BCUT2D eigenvalue weighted by Gasteiger charge is 2.38. The van der Waals surface area contributed by atoms with Gasteiger partial charge in [0.1, 0.15) is 0 Å². The van der Waals surface area contributed by atoms with Gasteiger partial charge in [-0.1, -0.05) is 30.3 Å². The lowest BCUT2D eigenvalue weighted by Gasteiger charge is -2.43. The van der Waals surface area contributed by atoms with Gasteiger partial charge in [0, 0.05) is 25.0 Å². The van der Waals surface area contributed by atoms with Gasteiger partial charge in [-0.25, -0.2) is 12.7 Å². The Morgan fingerprint density at radius 1 is 1.04 bits per heavy atom. The quantitative estimate of drug-likeness (QED) is 0.829. The third-order valence-electron chi connectivity index (χ3n) is 5.62. The fourth-order valence-electron chi connectivity index (χ4n) is 4.21. The highest BCUT2D eigenvalue weighted by Crippen LogP contribution is 2.36. The summed E-state index contributed by atoms with van der Waals surface area (Å²) in [5, 5.41) is 0. The summed E-state index contributed by atoms with van der Waals surface area (Å²) < 4.78 is 24.9. The van der Waals surface area contributed by atoms with Crippen molar-refractivity contribution in [2.45, 2.75) is 51.1 Å².